The molecule has 0 saturated carbocycles. The van der Waals surface area contributed by atoms with Gasteiger partial charge in [0.25, 0.3) is 5.91 Å². The van der Waals surface area contributed by atoms with Crippen LogP contribution in [0.1, 0.15) is 29.5 Å². The Morgan fingerprint density at radius 1 is 1.20 bits per heavy atom. The molecule has 3 aromatic heterocycles. The molecule has 1 aromatic carbocycles. The number of carbonyl (C=O) groups is 2. The van der Waals surface area contributed by atoms with Crippen molar-refractivity contribution in [3.8, 4) is 22.9 Å². The lowest BCUT2D eigenvalue weighted by molar-refractivity contribution is -0.143. The Balaban J connectivity index is 1.38. The smallest absolute Gasteiger partial charge is 0.250 e. The normalized spacial score (nSPS) is 15.5. The van der Waals surface area contributed by atoms with E-state index in [-0.39, 0.29) is 31.0 Å². The Morgan fingerprint density at radius 2 is 2.08 bits per heavy atom. The highest BCUT2D eigenvalue weighted by atomic mass is 32.1. The number of amides is 2. The average molecular weight is 567 g/mol. The van der Waals surface area contributed by atoms with Crippen LogP contribution >= 0.6 is 11.3 Å². The molecular formula is C27H30N6O6S. The Labute approximate surface area is 234 Å². The van der Waals surface area contributed by atoms with E-state index in [9.17, 15) is 9.59 Å². The van der Waals surface area contributed by atoms with Crippen molar-refractivity contribution in [2.75, 3.05) is 27.4 Å². The summed E-state index contributed by atoms with van der Waals surface area (Å²) >= 11 is 1.49. The highest BCUT2D eigenvalue weighted by Gasteiger charge is 2.35. The summed E-state index contributed by atoms with van der Waals surface area (Å²) in [6.45, 7) is 1.01. The van der Waals surface area contributed by atoms with Gasteiger partial charge in [-0.05, 0) is 59.8 Å². The fourth-order valence-corrected chi connectivity index (χ4v) is 5.20. The predicted octanol–water partition coefficient (Wildman–Crippen LogP) is 3.08. The number of carbonyl (C=O) groups excluding carboxylic acids is 2. The molecule has 5 rings (SSSR count). The highest BCUT2D eigenvalue weighted by molar-refractivity contribution is 7.09. The first-order valence-electron chi connectivity index (χ1n) is 12.8. The van der Waals surface area contributed by atoms with E-state index in [1.165, 1.54) is 27.3 Å². The van der Waals surface area contributed by atoms with Crippen LogP contribution in [0.3, 0.4) is 0 Å². The van der Waals surface area contributed by atoms with Gasteiger partial charge in [-0.25, -0.2) is 0 Å². The highest BCUT2D eigenvalue weighted by Crippen LogP contribution is 2.31. The molecule has 2 atom stereocenters. The minimum absolute atomic E-state index is 0.0444. The SMILES string of the molecule is COc1ccc(-c2nnn(CC(=O)N(Cc3cccs3)[C@H](C(=O)NC[C@H]3CCCO3)c3ccco3)n2)cc1OC. The molecule has 4 aromatic rings. The molecule has 0 bridgehead atoms. The monoisotopic (exact) mass is 566 g/mol. The number of hydrogen-bond acceptors (Lipinski definition) is 10. The molecule has 13 heteroatoms. The zero-order chi connectivity index (χ0) is 27.9. The van der Waals surface area contributed by atoms with E-state index in [0.717, 1.165) is 17.7 Å². The third-order valence-corrected chi connectivity index (χ3v) is 7.36. The minimum Gasteiger partial charge on any atom is -0.493 e. The Hall–Kier alpha value is -4.23. The summed E-state index contributed by atoms with van der Waals surface area (Å²) in [4.78, 5) is 30.9. The van der Waals surface area contributed by atoms with Crippen molar-refractivity contribution in [1.82, 2.24) is 30.4 Å². The lowest BCUT2D eigenvalue weighted by atomic mass is 10.1. The minimum atomic E-state index is -1.00. The van der Waals surface area contributed by atoms with Crippen LogP contribution in [-0.4, -0.2) is 70.4 Å². The summed E-state index contributed by atoms with van der Waals surface area (Å²) in [6, 6.07) is 11.4. The fourth-order valence-electron chi connectivity index (χ4n) is 4.49. The number of furan rings is 1. The number of hydrogen-bond donors (Lipinski definition) is 1. The van der Waals surface area contributed by atoms with Crippen molar-refractivity contribution >= 4 is 23.2 Å². The maximum absolute atomic E-state index is 13.8. The van der Waals surface area contributed by atoms with Crippen molar-refractivity contribution in [2.24, 2.45) is 0 Å². The molecule has 1 saturated heterocycles. The third kappa shape index (κ3) is 6.32. The first kappa shape index (κ1) is 27.3. The van der Waals surface area contributed by atoms with Crippen LogP contribution in [0.2, 0.25) is 0 Å². The molecule has 0 spiro atoms. The molecule has 0 radical (unpaired) electrons. The first-order chi connectivity index (χ1) is 19.6. The van der Waals surface area contributed by atoms with E-state index in [0.29, 0.717) is 41.8 Å². The van der Waals surface area contributed by atoms with Crippen LogP contribution in [0.15, 0.2) is 58.5 Å². The Kier molecular flexibility index (Phi) is 8.71. The average Bonchev–Trinajstić information content (AvgIpc) is 3.80. The van der Waals surface area contributed by atoms with Crippen LogP contribution in [0.5, 0.6) is 11.5 Å². The van der Waals surface area contributed by atoms with Gasteiger partial charge in [-0.2, -0.15) is 4.80 Å². The summed E-state index contributed by atoms with van der Waals surface area (Å²) in [6.07, 6.45) is 3.28. The van der Waals surface area contributed by atoms with Crippen LogP contribution in [0.25, 0.3) is 11.4 Å². The maximum Gasteiger partial charge on any atom is 0.250 e. The van der Waals surface area contributed by atoms with Gasteiger partial charge in [0.15, 0.2) is 17.5 Å². The summed E-state index contributed by atoms with van der Waals surface area (Å²) in [5.74, 6) is 1.03. The van der Waals surface area contributed by atoms with Gasteiger partial charge in [-0.3, -0.25) is 9.59 Å². The van der Waals surface area contributed by atoms with Crippen LogP contribution in [-0.2, 0) is 27.4 Å². The second kappa shape index (κ2) is 12.7. The number of nitrogens with zero attached hydrogens (tertiary/aromatic N) is 5. The second-order valence-electron chi connectivity index (χ2n) is 9.11. The molecule has 4 heterocycles. The first-order valence-corrected chi connectivity index (χ1v) is 13.7. The van der Waals surface area contributed by atoms with Gasteiger partial charge in [0.2, 0.25) is 11.7 Å². The van der Waals surface area contributed by atoms with E-state index in [2.05, 4.69) is 20.7 Å². The van der Waals surface area contributed by atoms with E-state index < -0.39 is 6.04 Å². The zero-order valence-electron chi connectivity index (χ0n) is 22.2. The number of methoxy groups -OCH3 is 2. The maximum atomic E-state index is 13.8. The lowest BCUT2D eigenvalue weighted by Crippen LogP contribution is -2.46. The number of thiophene rings is 1. The predicted molar refractivity (Wildman–Crippen MR) is 145 cm³/mol. The molecule has 1 aliphatic heterocycles. The van der Waals surface area contributed by atoms with Gasteiger partial charge in [0.1, 0.15) is 12.3 Å². The number of tetrazole rings is 1. The topological polar surface area (TPSA) is 134 Å². The van der Waals surface area contributed by atoms with Gasteiger partial charge in [0.05, 0.1) is 33.1 Å². The summed E-state index contributed by atoms with van der Waals surface area (Å²) in [5, 5.41) is 17.5. The number of benzene rings is 1. The number of aromatic nitrogens is 4. The number of rotatable bonds is 12. The van der Waals surface area contributed by atoms with Crippen molar-refractivity contribution in [3.05, 3.63) is 64.7 Å². The number of nitrogens with one attached hydrogen (secondary N) is 1. The Bertz CT molecular complexity index is 1400. The van der Waals surface area contributed by atoms with Crippen LogP contribution in [0, 0.1) is 0 Å². The van der Waals surface area contributed by atoms with Crippen molar-refractivity contribution in [2.45, 2.75) is 38.1 Å². The Morgan fingerprint density at radius 3 is 2.77 bits per heavy atom. The van der Waals surface area contributed by atoms with Crippen LogP contribution < -0.4 is 14.8 Å². The third-order valence-electron chi connectivity index (χ3n) is 6.50. The summed E-state index contributed by atoms with van der Waals surface area (Å²) in [7, 11) is 3.09. The fraction of sp³-hybridized carbons (Fsp3) is 0.370. The van der Waals surface area contributed by atoms with E-state index in [1.807, 2.05) is 17.5 Å². The van der Waals surface area contributed by atoms with Crippen molar-refractivity contribution in [1.29, 1.82) is 0 Å². The van der Waals surface area contributed by atoms with E-state index in [4.69, 9.17) is 18.6 Å². The molecule has 2 amide bonds. The van der Waals surface area contributed by atoms with Gasteiger partial charge in [-0.1, -0.05) is 6.07 Å². The molecule has 12 nitrogen and oxygen atoms in total. The summed E-state index contributed by atoms with van der Waals surface area (Å²) < 4.78 is 21.9. The number of ether oxygens (including phenoxy) is 3. The lowest BCUT2D eigenvalue weighted by Gasteiger charge is -2.29. The molecular weight excluding hydrogens is 536 g/mol. The largest absolute Gasteiger partial charge is 0.493 e. The van der Waals surface area contributed by atoms with Crippen LogP contribution in [0.4, 0.5) is 0 Å². The second-order valence-corrected chi connectivity index (χ2v) is 10.1. The summed E-state index contributed by atoms with van der Waals surface area (Å²) in [5.41, 5.74) is 0.647. The van der Waals surface area contributed by atoms with Crippen molar-refractivity contribution in [3.63, 3.8) is 0 Å². The molecule has 1 N–H and O–H groups in total. The molecule has 40 heavy (non-hydrogen) atoms. The molecule has 0 unspecified atom stereocenters. The molecule has 0 aliphatic carbocycles. The van der Waals surface area contributed by atoms with Gasteiger partial charge < -0.3 is 28.8 Å². The molecule has 1 fully saturated rings. The van der Waals surface area contributed by atoms with Gasteiger partial charge in [0, 0.05) is 23.6 Å². The zero-order valence-corrected chi connectivity index (χ0v) is 23.0. The molecule has 1 aliphatic rings. The van der Waals surface area contributed by atoms with Gasteiger partial charge in [-0.15, -0.1) is 21.5 Å². The van der Waals surface area contributed by atoms with Crippen molar-refractivity contribution < 1.29 is 28.2 Å². The van der Waals surface area contributed by atoms with E-state index in [1.54, 1.807) is 44.6 Å². The molecule has 210 valence electrons. The van der Waals surface area contributed by atoms with E-state index >= 15 is 0 Å². The standard InChI is InChI=1S/C27H30N6O6S/c1-36-21-10-9-18(14-23(21)37-2)26-29-31-33(30-26)17-24(34)32(16-20-7-5-13-40-20)25(22-8-4-12-39-22)27(35)28-15-19-6-3-11-38-19/h4-5,7-10,12-14,19,25H,3,6,11,15-17H2,1-2H3,(H,28,35)/t19-,25+/m1/s1. The van der Waals surface area contributed by atoms with Gasteiger partial charge >= 0.3 is 0 Å². The quantitative estimate of drug-likeness (QED) is 0.275.